The summed E-state index contributed by atoms with van der Waals surface area (Å²) in [6.07, 6.45) is 0. The molecule has 0 bridgehead atoms. The predicted molar refractivity (Wildman–Crippen MR) is 115 cm³/mol. The van der Waals surface area contributed by atoms with E-state index in [0.717, 1.165) is 5.56 Å². The first-order valence-corrected chi connectivity index (χ1v) is 9.99. The highest BCUT2D eigenvalue weighted by Crippen LogP contribution is 2.46. The number of ether oxygens (including phenoxy) is 1. The second kappa shape index (κ2) is 7.27. The molecule has 3 aromatic carbocycles. The minimum atomic E-state index is -1.69. The monoisotopic (exact) mass is 436 g/mol. The van der Waals surface area contributed by atoms with Gasteiger partial charge >= 0.3 is 11.7 Å². The zero-order valence-electron chi connectivity index (χ0n) is 15.5. The molecule has 1 spiro atoms. The highest BCUT2D eigenvalue weighted by molar-refractivity contribution is 6.41. The molecule has 5 rings (SSSR count). The Morgan fingerprint density at radius 2 is 1.47 bits per heavy atom. The standard InChI is InChI=1S/C23H14Cl2N2O3/c24-16-12-7-13-17(25)18(16)20-19(14-8-3-1-4-9-14)23(30-27-20)22(28)29-21(26-23)15-10-5-2-6-11-15/h1-13,19H/t19-,23+/m1/s1. The smallest absolute Gasteiger partial charge is 0.384 e. The average molecular weight is 437 g/mol. The highest BCUT2D eigenvalue weighted by atomic mass is 35.5. The molecule has 2 atom stereocenters. The Hall–Kier alpha value is -3.15. The molecule has 0 aromatic heterocycles. The van der Waals surface area contributed by atoms with Gasteiger partial charge < -0.3 is 9.57 Å². The second-order valence-electron chi connectivity index (χ2n) is 6.88. The summed E-state index contributed by atoms with van der Waals surface area (Å²) < 4.78 is 5.53. The number of nitrogens with zero attached hydrogens (tertiary/aromatic N) is 2. The zero-order valence-corrected chi connectivity index (χ0v) is 17.0. The van der Waals surface area contributed by atoms with Crippen molar-refractivity contribution in [2.75, 3.05) is 0 Å². The van der Waals surface area contributed by atoms with E-state index in [9.17, 15) is 4.79 Å². The van der Waals surface area contributed by atoms with Gasteiger partial charge in [0.1, 0.15) is 11.6 Å². The SMILES string of the molecule is O=C1OC(c2ccccc2)=N[C@@]12ON=C(c1c(Cl)cccc1Cl)[C@H]2c1ccccc1. The van der Waals surface area contributed by atoms with E-state index in [2.05, 4.69) is 10.1 Å². The lowest BCUT2D eigenvalue weighted by atomic mass is 9.82. The van der Waals surface area contributed by atoms with Crippen LogP contribution in [0.15, 0.2) is 89.0 Å². The molecule has 30 heavy (non-hydrogen) atoms. The zero-order chi connectivity index (χ0) is 20.7. The maximum atomic E-state index is 13.1. The number of carbonyl (C=O) groups excluding carboxylic acids is 1. The van der Waals surface area contributed by atoms with Crippen LogP contribution in [-0.4, -0.2) is 23.3 Å². The molecule has 0 aliphatic carbocycles. The number of cyclic esters (lactones) is 1. The van der Waals surface area contributed by atoms with Crippen molar-refractivity contribution in [2.45, 2.75) is 11.6 Å². The third-order valence-electron chi connectivity index (χ3n) is 5.07. The number of rotatable bonds is 3. The maximum Gasteiger partial charge on any atom is 0.384 e. The van der Waals surface area contributed by atoms with Gasteiger partial charge in [-0.2, -0.15) is 4.99 Å². The highest BCUT2D eigenvalue weighted by Gasteiger charge is 2.61. The van der Waals surface area contributed by atoms with E-state index in [-0.39, 0.29) is 5.90 Å². The van der Waals surface area contributed by atoms with E-state index in [0.29, 0.717) is 26.9 Å². The Balaban J connectivity index is 1.69. The summed E-state index contributed by atoms with van der Waals surface area (Å²) in [5, 5.41) is 5.05. The number of halogens is 2. The van der Waals surface area contributed by atoms with Gasteiger partial charge in [-0.1, -0.05) is 83.0 Å². The lowest BCUT2D eigenvalue weighted by Gasteiger charge is -2.23. The van der Waals surface area contributed by atoms with Crippen molar-refractivity contribution in [3.63, 3.8) is 0 Å². The van der Waals surface area contributed by atoms with E-state index < -0.39 is 17.6 Å². The summed E-state index contributed by atoms with van der Waals surface area (Å²) >= 11 is 12.9. The summed E-state index contributed by atoms with van der Waals surface area (Å²) in [6, 6.07) is 23.7. The molecule has 0 radical (unpaired) electrons. The number of carbonyl (C=O) groups is 1. The lowest BCUT2D eigenvalue weighted by Crippen LogP contribution is -2.41. The maximum absolute atomic E-state index is 13.1. The predicted octanol–water partition coefficient (Wildman–Crippen LogP) is 5.21. The van der Waals surface area contributed by atoms with Crippen LogP contribution in [0.2, 0.25) is 10.0 Å². The quantitative estimate of drug-likeness (QED) is 0.529. The number of aliphatic imine (C=N–C) groups is 1. The van der Waals surface area contributed by atoms with Crippen LogP contribution in [-0.2, 0) is 14.4 Å². The van der Waals surface area contributed by atoms with Crippen LogP contribution in [0.1, 0.15) is 22.6 Å². The van der Waals surface area contributed by atoms with Crippen molar-refractivity contribution < 1.29 is 14.4 Å². The Morgan fingerprint density at radius 3 is 2.13 bits per heavy atom. The van der Waals surface area contributed by atoms with Gasteiger partial charge in [0.2, 0.25) is 5.90 Å². The fourth-order valence-corrected chi connectivity index (χ4v) is 4.29. The molecule has 7 heteroatoms. The first-order chi connectivity index (χ1) is 14.6. The Morgan fingerprint density at radius 1 is 0.833 bits per heavy atom. The molecule has 3 aromatic rings. The van der Waals surface area contributed by atoms with Crippen molar-refractivity contribution in [3.8, 4) is 0 Å². The number of esters is 1. The molecule has 5 nitrogen and oxygen atoms in total. The van der Waals surface area contributed by atoms with Crippen LogP contribution in [0, 0.1) is 0 Å². The molecule has 2 heterocycles. The van der Waals surface area contributed by atoms with Gasteiger partial charge in [-0.3, -0.25) is 0 Å². The van der Waals surface area contributed by atoms with E-state index in [4.69, 9.17) is 32.8 Å². The lowest BCUT2D eigenvalue weighted by molar-refractivity contribution is -0.156. The van der Waals surface area contributed by atoms with Crippen molar-refractivity contribution >= 4 is 40.8 Å². The normalized spacial score (nSPS) is 22.5. The van der Waals surface area contributed by atoms with Crippen molar-refractivity contribution in [1.82, 2.24) is 0 Å². The van der Waals surface area contributed by atoms with E-state index >= 15 is 0 Å². The number of hydrogen-bond acceptors (Lipinski definition) is 5. The molecule has 0 saturated heterocycles. The summed E-state index contributed by atoms with van der Waals surface area (Å²) in [7, 11) is 0. The van der Waals surface area contributed by atoms with E-state index in [1.807, 2.05) is 60.7 Å². The first kappa shape index (κ1) is 18.9. The van der Waals surface area contributed by atoms with Gasteiger partial charge in [-0.15, -0.1) is 0 Å². The summed E-state index contributed by atoms with van der Waals surface area (Å²) in [6.45, 7) is 0. The molecule has 0 N–H and O–H groups in total. The van der Waals surface area contributed by atoms with Gasteiger partial charge in [-0.25, -0.2) is 4.79 Å². The van der Waals surface area contributed by atoms with Gasteiger partial charge in [0, 0.05) is 11.1 Å². The molecular weight excluding hydrogens is 423 g/mol. The topological polar surface area (TPSA) is 60.2 Å². The summed E-state index contributed by atoms with van der Waals surface area (Å²) in [4.78, 5) is 23.4. The summed E-state index contributed by atoms with van der Waals surface area (Å²) in [5.74, 6) is -1.15. The minimum Gasteiger partial charge on any atom is -0.402 e. The molecule has 0 unspecified atom stereocenters. The Labute approximate surface area is 182 Å². The number of oxime groups is 1. The average Bonchev–Trinajstić information content (AvgIpc) is 3.30. The summed E-state index contributed by atoms with van der Waals surface area (Å²) in [5.41, 5.74) is 0.682. The fraction of sp³-hybridized carbons (Fsp3) is 0.0870. The van der Waals surface area contributed by atoms with Gasteiger partial charge in [0.05, 0.1) is 10.0 Å². The molecule has 2 aliphatic heterocycles. The largest absolute Gasteiger partial charge is 0.402 e. The van der Waals surface area contributed by atoms with Crippen LogP contribution < -0.4 is 0 Å². The molecule has 148 valence electrons. The van der Waals surface area contributed by atoms with Crippen LogP contribution in [0.25, 0.3) is 0 Å². The molecule has 0 amide bonds. The van der Waals surface area contributed by atoms with E-state index in [1.165, 1.54) is 0 Å². The van der Waals surface area contributed by atoms with Crippen molar-refractivity contribution in [3.05, 3.63) is 106 Å². The first-order valence-electron chi connectivity index (χ1n) is 9.23. The molecule has 0 saturated carbocycles. The fourth-order valence-electron chi connectivity index (χ4n) is 3.70. The van der Waals surface area contributed by atoms with Crippen molar-refractivity contribution in [2.24, 2.45) is 10.1 Å². The number of hydrogen-bond donors (Lipinski definition) is 0. The van der Waals surface area contributed by atoms with Gasteiger partial charge in [0.25, 0.3) is 0 Å². The minimum absolute atomic E-state index is 0.184. The van der Waals surface area contributed by atoms with Crippen LogP contribution >= 0.6 is 23.2 Å². The van der Waals surface area contributed by atoms with Crippen LogP contribution in [0.5, 0.6) is 0 Å². The second-order valence-corrected chi connectivity index (χ2v) is 7.69. The third-order valence-corrected chi connectivity index (χ3v) is 5.70. The van der Waals surface area contributed by atoms with Crippen LogP contribution in [0.3, 0.4) is 0 Å². The van der Waals surface area contributed by atoms with Crippen LogP contribution in [0.4, 0.5) is 0 Å². The molecular formula is C23H14Cl2N2O3. The van der Waals surface area contributed by atoms with E-state index in [1.54, 1.807) is 18.2 Å². The van der Waals surface area contributed by atoms with Gasteiger partial charge in [0.15, 0.2) is 0 Å². The third kappa shape index (κ3) is 2.90. The van der Waals surface area contributed by atoms with Gasteiger partial charge in [-0.05, 0) is 29.8 Å². The Kier molecular flexibility index (Phi) is 4.57. The molecule has 0 fully saturated rings. The Bertz CT molecular complexity index is 1180. The number of benzene rings is 3. The van der Waals surface area contributed by atoms with Crippen molar-refractivity contribution in [1.29, 1.82) is 0 Å². The molecule has 2 aliphatic rings.